The number of nitrogens with one attached hydrogen (secondary N) is 1. The molecular formula is C12H21N3O3. The Morgan fingerprint density at radius 1 is 1.56 bits per heavy atom. The van der Waals surface area contributed by atoms with E-state index in [1.807, 2.05) is 0 Å². The molecule has 1 heterocycles. The molecule has 6 heteroatoms. The van der Waals surface area contributed by atoms with E-state index >= 15 is 0 Å². The van der Waals surface area contributed by atoms with E-state index in [0.717, 1.165) is 19.5 Å². The molecule has 1 saturated heterocycles. The standard InChI is InChI=1S/C12H21N3O3/c13-10(16)6-14-8-12(18)4-1-5-15(11(12)17)7-9-2-3-9/h9,14,18H,1-8H2,(H2,13,16)/t12-/m0/s1. The topological polar surface area (TPSA) is 95.7 Å². The van der Waals surface area contributed by atoms with Gasteiger partial charge in [-0.25, -0.2) is 0 Å². The highest BCUT2D eigenvalue weighted by atomic mass is 16.3. The molecule has 102 valence electrons. The third kappa shape index (κ3) is 3.20. The minimum Gasteiger partial charge on any atom is -0.379 e. The van der Waals surface area contributed by atoms with Gasteiger partial charge in [-0.05, 0) is 31.6 Å². The van der Waals surface area contributed by atoms with Crippen LogP contribution in [0.25, 0.3) is 0 Å². The largest absolute Gasteiger partial charge is 0.379 e. The van der Waals surface area contributed by atoms with Crippen molar-refractivity contribution in [1.82, 2.24) is 10.2 Å². The predicted molar refractivity (Wildman–Crippen MR) is 65.6 cm³/mol. The van der Waals surface area contributed by atoms with Crippen LogP contribution in [0.2, 0.25) is 0 Å². The third-order valence-corrected chi connectivity index (χ3v) is 3.60. The van der Waals surface area contributed by atoms with Crippen molar-refractivity contribution in [2.45, 2.75) is 31.3 Å². The van der Waals surface area contributed by atoms with Crippen molar-refractivity contribution >= 4 is 11.8 Å². The summed E-state index contributed by atoms with van der Waals surface area (Å²) in [4.78, 5) is 24.6. The van der Waals surface area contributed by atoms with Crippen LogP contribution in [0, 0.1) is 5.92 Å². The predicted octanol–water partition coefficient (Wildman–Crippen LogP) is -1.18. The van der Waals surface area contributed by atoms with Gasteiger partial charge < -0.3 is 21.1 Å². The molecule has 0 bridgehead atoms. The highest BCUT2D eigenvalue weighted by Gasteiger charge is 2.43. The Kier molecular flexibility index (Phi) is 3.87. The highest BCUT2D eigenvalue weighted by molar-refractivity contribution is 5.86. The lowest BCUT2D eigenvalue weighted by Crippen LogP contribution is -2.58. The van der Waals surface area contributed by atoms with Gasteiger partial charge in [0, 0.05) is 19.6 Å². The fourth-order valence-corrected chi connectivity index (χ4v) is 2.41. The van der Waals surface area contributed by atoms with Crippen molar-refractivity contribution in [1.29, 1.82) is 0 Å². The molecule has 4 N–H and O–H groups in total. The summed E-state index contributed by atoms with van der Waals surface area (Å²) in [6.07, 6.45) is 3.61. The molecule has 0 unspecified atom stereocenters. The number of primary amides is 1. The number of piperidine rings is 1. The summed E-state index contributed by atoms with van der Waals surface area (Å²) in [5.74, 6) is -0.0794. The van der Waals surface area contributed by atoms with Gasteiger partial charge in [0.15, 0.2) is 5.60 Å². The Bertz CT molecular complexity index is 343. The second kappa shape index (κ2) is 5.24. The van der Waals surface area contributed by atoms with Crippen LogP contribution < -0.4 is 11.1 Å². The molecule has 1 atom stereocenters. The molecule has 18 heavy (non-hydrogen) atoms. The zero-order valence-electron chi connectivity index (χ0n) is 10.5. The second-order valence-electron chi connectivity index (χ2n) is 5.40. The van der Waals surface area contributed by atoms with E-state index in [-0.39, 0.29) is 19.0 Å². The number of amides is 2. The molecule has 0 aromatic rings. The maximum Gasteiger partial charge on any atom is 0.255 e. The van der Waals surface area contributed by atoms with Crippen LogP contribution in [0.4, 0.5) is 0 Å². The zero-order valence-corrected chi connectivity index (χ0v) is 10.5. The second-order valence-corrected chi connectivity index (χ2v) is 5.40. The van der Waals surface area contributed by atoms with Gasteiger partial charge in [0.25, 0.3) is 5.91 Å². The maximum absolute atomic E-state index is 12.2. The Morgan fingerprint density at radius 3 is 2.89 bits per heavy atom. The van der Waals surface area contributed by atoms with E-state index in [4.69, 9.17) is 5.73 Å². The average molecular weight is 255 g/mol. The average Bonchev–Trinajstić information content (AvgIpc) is 3.08. The van der Waals surface area contributed by atoms with Crippen LogP contribution in [0.1, 0.15) is 25.7 Å². The van der Waals surface area contributed by atoms with Crippen LogP contribution in [0.15, 0.2) is 0 Å². The minimum atomic E-state index is -1.37. The van der Waals surface area contributed by atoms with Crippen LogP contribution in [0.3, 0.4) is 0 Å². The molecule has 2 aliphatic rings. The molecule has 1 aliphatic carbocycles. The van der Waals surface area contributed by atoms with E-state index in [1.165, 1.54) is 12.8 Å². The van der Waals surface area contributed by atoms with Crippen molar-refractivity contribution < 1.29 is 14.7 Å². The monoisotopic (exact) mass is 255 g/mol. The summed E-state index contributed by atoms with van der Waals surface area (Å²) in [5, 5.41) is 13.1. The van der Waals surface area contributed by atoms with Gasteiger partial charge in [-0.15, -0.1) is 0 Å². The molecule has 0 aromatic heterocycles. The number of aliphatic hydroxyl groups is 1. The molecular weight excluding hydrogens is 234 g/mol. The fraction of sp³-hybridized carbons (Fsp3) is 0.833. The summed E-state index contributed by atoms with van der Waals surface area (Å²) in [6, 6.07) is 0. The summed E-state index contributed by atoms with van der Waals surface area (Å²) in [6.45, 7) is 1.57. The van der Waals surface area contributed by atoms with Gasteiger partial charge in [-0.1, -0.05) is 0 Å². The minimum absolute atomic E-state index is 0.0157. The van der Waals surface area contributed by atoms with Gasteiger partial charge in [0.05, 0.1) is 6.54 Å². The number of nitrogens with zero attached hydrogens (tertiary/aromatic N) is 1. The van der Waals surface area contributed by atoms with E-state index in [0.29, 0.717) is 12.3 Å². The molecule has 0 aromatic carbocycles. The van der Waals surface area contributed by atoms with Crippen molar-refractivity contribution in [2.75, 3.05) is 26.2 Å². The molecule has 2 amide bonds. The van der Waals surface area contributed by atoms with Gasteiger partial charge in [-0.3, -0.25) is 9.59 Å². The lowest BCUT2D eigenvalue weighted by Gasteiger charge is -2.38. The van der Waals surface area contributed by atoms with Gasteiger partial charge in [0.2, 0.25) is 5.91 Å². The molecule has 1 aliphatic heterocycles. The SMILES string of the molecule is NC(=O)CNC[C@@]1(O)CCCN(CC2CC2)C1=O. The van der Waals surface area contributed by atoms with Crippen LogP contribution in [-0.2, 0) is 9.59 Å². The Hall–Kier alpha value is -1.14. The highest BCUT2D eigenvalue weighted by Crippen LogP contribution is 2.32. The molecule has 2 fully saturated rings. The van der Waals surface area contributed by atoms with Gasteiger partial charge in [0.1, 0.15) is 0 Å². The van der Waals surface area contributed by atoms with E-state index in [2.05, 4.69) is 5.32 Å². The summed E-state index contributed by atoms with van der Waals surface area (Å²) in [5.41, 5.74) is 3.64. The first-order chi connectivity index (χ1) is 8.51. The third-order valence-electron chi connectivity index (χ3n) is 3.60. The van der Waals surface area contributed by atoms with Crippen molar-refractivity contribution in [3.63, 3.8) is 0 Å². The summed E-state index contributed by atoms with van der Waals surface area (Å²) in [7, 11) is 0. The number of carbonyl (C=O) groups is 2. The fourth-order valence-electron chi connectivity index (χ4n) is 2.41. The van der Waals surface area contributed by atoms with Crippen LogP contribution in [0.5, 0.6) is 0 Å². The number of hydrogen-bond acceptors (Lipinski definition) is 4. The first kappa shape index (κ1) is 13.3. The van der Waals surface area contributed by atoms with Gasteiger partial charge in [-0.2, -0.15) is 0 Å². The van der Waals surface area contributed by atoms with Gasteiger partial charge >= 0.3 is 0 Å². The van der Waals surface area contributed by atoms with Crippen molar-refractivity contribution in [3.8, 4) is 0 Å². The normalized spacial score (nSPS) is 28.5. The number of rotatable bonds is 6. The molecule has 0 radical (unpaired) electrons. The lowest BCUT2D eigenvalue weighted by atomic mass is 9.91. The van der Waals surface area contributed by atoms with Crippen LogP contribution >= 0.6 is 0 Å². The first-order valence-corrected chi connectivity index (χ1v) is 6.52. The Morgan fingerprint density at radius 2 is 2.28 bits per heavy atom. The molecule has 1 saturated carbocycles. The molecule has 0 spiro atoms. The lowest BCUT2D eigenvalue weighted by molar-refractivity contribution is -0.157. The number of carbonyl (C=O) groups excluding carboxylic acids is 2. The Labute approximate surface area is 107 Å². The molecule has 6 nitrogen and oxygen atoms in total. The van der Waals surface area contributed by atoms with Crippen LogP contribution in [-0.4, -0.2) is 53.6 Å². The summed E-state index contributed by atoms with van der Waals surface area (Å²) < 4.78 is 0. The smallest absolute Gasteiger partial charge is 0.255 e. The summed E-state index contributed by atoms with van der Waals surface area (Å²) >= 11 is 0. The number of hydrogen-bond donors (Lipinski definition) is 3. The first-order valence-electron chi connectivity index (χ1n) is 6.52. The van der Waals surface area contributed by atoms with E-state index in [9.17, 15) is 14.7 Å². The number of likely N-dealkylation sites (tertiary alicyclic amines) is 1. The quantitative estimate of drug-likeness (QED) is 0.557. The van der Waals surface area contributed by atoms with Crippen molar-refractivity contribution in [2.24, 2.45) is 11.7 Å². The zero-order chi connectivity index (χ0) is 13.2. The van der Waals surface area contributed by atoms with Crippen molar-refractivity contribution in [3.05, 3.63) is 0 Å². The molecule has 2 rings (SSSR count). The number of nitrogens with two attached hydrogens (primary N) is 1. The maximum atomic E-state index is 12.2. The Balaban J connectivity index is 1.88. The van der Waals surface area contributed by atoms with E-state index in [1.54, 1.807) is 4.90 Å². The van der Waals surface area contributed by atoms with E-state index < -0.39 is 11.5 Å².